The summed E-state index contributed by atoms with van der Waals surface area (Å²) in [6.07, 6.45) is 4.99. The molecule has 0 spiro atoms. The fourth-order valence-electron chi connectivity index (χ4n) is 1.43. The Morgan fingerprint density at radius 3 is 3.17 bits per heavy atom. The van der Waals surface area contributed by atoms with Crippen LogP contribution in [0.3, 0.4) is 0 Å². The molecule has 0 N–H and O–H groups in total. The molecule has 0 aliphatic heterocycles. The second-order valence-electron chi connectivity index (χ2n) is 2.79. The Labute approximate surface area is 73.9 Å². The van der Waals surface area contributed by atoms with Gasteiger partial charge in [0.05, 0.1) is 0 Å². The molecule has 2 rings (SSSR count). The van der Waals surface area contributed by atoms with Crippen molar-refractivity contribution in [2.24, 2.45) is 0 Å². The molecule has 0 aliphatic rings. The quantitative estimate of drug-likeness (QED) is 0.612. The third-order valence-corrected chi connectivity index (χ3v) is 2.45. The van der Waals surface area contributed by atoms with Crippen LogP contribution in [-0.2, 0) is 6.42 Å². The number of aromatic nitrogens is 2. The normalized spacial score (nSPS) is 10.8. The topological polar surface area (TPSA) is 17.8 Å². The Kier molecular flexibility index (Phi) is 1.86. The van der Waals surface area contributed by atoms with Gasteiger partial charge in [-0.1, -0.05) is 6.92 Å². The molecule has 0 aliphatic carbocycles. The maximum atomic E-state index is 4.29. The minimum Gasteiger partial charge on any atom is -0.317 e. The zero-order valence-corrected chi connectivity index (χ0v) is 8.14. The third kappa shape index (κ3) is 1.03. The predicted molar refractivity (Wildman–Crippen MR) is 54.2 cm³/mol. The largest absolute Gasteiger partial charge is 0.317 e. The average Bonchev–Trinajstić information content (AvgIpc) is 2.44. The van der Waals surface area contributed by atoms with Crippen molar-refractivity contribution in [1.29, 1.82) is 0 Å². The molecule has 1 atom stereocenters. The van der Waals surface area contributed by atoms with Crippen LogP contribution in [0.1, 0.15) is 12.5 Å². The van der Waals surface area contributed by atoms with Gasteiger partial charge < -0.3 is 4.34 Å². The van der Waals surface area contributed by atoms with Crippen LogP contribution in [0.4, 0.5) is 0 Å². The molecule has 0 bridgehead atoms. The molecule has 62 valence electrons. The van der Waals surface area contributed by atoms with Gasteiger partial charge in [0, 0.05) is 17.8 Å². The van der Waals surface area contributed by atoms with Gasteiger partial charge in [-0.15, -0.1) is 0 Å². The minimum atomic E-state index is 1.04. The van der Waals surface area contributed by atoms with Crippen molar-refractivity contribution in [1.82, 2.24) is 9.32 Å². The first kappa shape index (κ1) is 7.75. The van der Waals surface area contributed by atoms with Crippen molar-refractivity contribution < 1.29 is 0 Å². The number of fused-ring (bicyclic) bond motifs is 1. The molecule has 0 aromatic carbocycles. The van der Waals surface area contributed by atoms with Crippen molar-refractivity contribution in [2.75, 3.05) is 0 Å². The zero-order chi connectivity index (χ0) is 8.55. The highest BCUT2D eigenvalue weighted by Crippen LogP contribution is 2.20. The third-order valence-electron chi connectivity index (χ3n) is 2.05. The van der Waals surface area contributed by atoms with E-state index < -0.39 is 0 Å². The van der Waals surface area contributed by atoms with Gasteiger partial charge in [-0.2, -0.15) is 0 Å². The number of hydrogen-bond acceptors (Lipinski definition) is 1. The maximum absolute atomic E-state index is 4.29. The molecule has 2 nitrogen and oxygen atoms in total. The van der Waals surface area contributed by atoms with Gasteiger partial charge in [0.2, 0.25) is 0 Å². The monoisotopic (exact) mass is 178 g/mol. The molecule has 12 heavy (non-hydrogen) atoms. The molecule has 0 saturated carbocycles. The second kappa shape index (κ2) is 2.87. The van der Waals surface area contributed by atoms with Crippen molar-refractivity contribution in [2.45, 2.75) is 13.3 Å². The van der Waals surface area contributed by atoms with E-state index in [4.69, 9.17) is 0 Å². The standard InChI is InChI=1S/C9H11N2P/c1-2-7-6-11(12)9-8(7)4-3-5-10-9/h3-6H,2,12H2,1H3. The highest BCUT2D eigenvalue weighted by Gasteiger charge is 2.03. The molecule has 0 fully saturated rings. The Morgan fingerprint density at radius 1 is 1.58 bits per heavy atom. The number of nitrogens with zero attached hydrogens (tertiary/aromatic N) is 2. The Morgan fingerprint density at radius 2 is 2.42 bits per heavy atom. The van der Waals surface area contributed by atoms with Crippen molar-refractivity contribution >= 4 is 20.4 Å². The van der Waals surface area contributed by atoms with Crippen molar-refractivity contribution in [3.63, 3.8) is 0 Å². The van der Waals surface area contributed by atoms with E-state index in [1.807, 2.05) is 16.6 Å². The summed E-state index contributed by atoms with van der Waals surface area (Å²) in [6.45, 7) is 2.16. The summed E-state index contributed by atoms with van der Waals surface area (Å²) in [4.78, 5) is 4.29. The highest BCUT2D eigenvalue weighted by atomic mass is 31.0. The van der Waals surface area contributed by atoms with Crippen molar-refractivity contribution in [3.05, 3.63) is 30.1 Å². The van der Waals surface area contributed by atoms with E-state index in [0.29, 0.717) is 0 Å². The van der Waals surface area contributed by atoms with E-state index in [9.17, 15) is 0 Å². The fraction of sp³-hybridized carbons (Fsp3) is 0.222. The zero-order valence-electron chi connectivity index (χ0n) is 6.99. The van der Waals surface area contributed by atoms with Crippen LogP contribution in [0.5, 0.6) is 0 Å². The molecular formula is C9H11N2P. The summed E-state index contributed by atoms with van der Waals surface area (Å²) >= 11 is 0. The molecule has 2 aromatic heterocycles. The van der Waals surface area contributed by atoms with Crippen LogP contribution >= 0.6 is 9.39 Å². The van der Waals surface area contributed by atoms with Crippen LogP contribution in [0.15, 0.2) is 24.5 Å². The summed E-state index contributed by atoms with van der Waals surface area (Å²) in [5.41, 5.74) is 2.40. The molecular weight excluding hydrogens is 167 g/mol. The lowest BCUT2D eigenvalue weighted by atomic mass is 10.2. The van der Waals surface area contributed by atoms with Crippen LogP contribution in [0.25, 0.3) is 11.0 Å². The van der Waals surface area contributed by atoms with Gasteiger partial charge in [0.1, 0.15) is 5.65 Å². The summed E-state index contributed by atoms with van der Waals surface area (Å²) in [5, 5.41) is 1.26. The molecule has 2 aromatic rings. The summed E-state index contributed by atoms with van der Waals surface area (Å²) in [6, 6.07) is 4.09. The van der Waals surface area contributed by atoms with Gasteiger partial charge in [0.25, 0.3) is 0 Å². The second-order valence-corrected chi connectivity index (χ2v) is 3.35. The Hall–Kier alpha value is -0.880. The first-order valence-corrected chi connectivity index (χ1v) is 4.54. The first-order valence-electron chi connectivity index (χ1n) is 4.03. The summed E-state index contributed by atoms with van der Waals surface area (Å²) in [5.74, 6) is 0. The number of pyridine rings is 1. The first-order chi connectivity index (χ1) is 5.83. The van der Waals surface area contributed by atoms with E-state index in [-0.39, 0.29) is 0 Å². The number of hydrogen-bond donors (Lipinski definition) is 0. The van der Waals surface area contributed by atoms with Crippen LogP contribution in [-0.4, -0.2) is 9.32 Å². The lowest BCUT2D eigenvalue weighted by Crippen LogP contribution is -1.78. The minimum absolute atomic E-state index is 1.04. The molecule has 2 heterocycles. The van der Waals surface area contributed by atoms with Gasteiger partial charge >= 0.3 is 0 Å². The molecule has 1 unspecified atom stereocenters. The lowest BCUT2D eigenvalue weighted by Gasteiger charge is -1.91. The van der Waals surface area contributed by atoms with E-state index in [2.05, 4.69) is 33.6 Å². The van der Waals surface area contributed by atoms with Crippen LogP contribution < -0.4 is 0 Å². The van der Waals surface area contributed by atoms with Gasteiger partial charge in [-0.05, 0) is 33.5 Å². The summed E-state index contributed by atoms with van der Waals surface area (Å²) < 4.78 is 1.99. The van der Waals surface area contributed by atoms with Gasteiger partial charge in [-0.3, -0.25) is 0 Å². The molecule has 0 saturated heterocycles. The number of aryl methyl sites for hydroxylation is 1. The fourth-order valence-corrected chi connectivity index (χ4v) is 1.82. The van der Waals surface area contributed by atoms with E-state index in [1.165, 1.54) is 10.9 Å². The van der Waals surface area contributed by atoms with E-state index in [0.717, 1.165) is 12.1 Å². The Bertz CT molecular complexity index is 406. The highest BCUT2D eigenvalue weighted by molar-refractivity contribution is 7.14. The Balaban J connectivity index is 2.82. The smallest absolute Gasteiger partial charge is 0.142 e. The maximum Gasteiger partial charge on any atom is 0.142 e. The molecule has 0 amide bonds. The number of rotatable bonds is 1. The van der Waals surface area contributed by atoms with Gasteiger partial charge in [0.15, 0.2) is 0 Å². The van der Waals surface area contributed by atoms with E-state index >= 15 is 0 Å². The van der Waals surface area contributed by atoms with Gasteiger partial charge in [-0.25, -0.2) is 4.98 Å². The molecule has 0 radical (unpaired) electrons. The van der Waals surface area contributed by atoms with Crippen LogP contribution in [0.2, 0.25) is 0 Å². The predicted octanol–water partition coefficient (Wildman–Crippen LogP) is 2.24. The molecule has 3 heteroatoms. The average molecular weight is 178 g/mol. The SMILES string of the molecule is CCc1cn(P)c2ncccc12. The summed E-state index contributed by atoms with van der Waals surface area (Å²) in [7, 11) is 2.65. The van der Waals surface area contributed by atoms with E-state index in [1.54, 1.807) is 0 Å². The lowest BCUT2D eigenvalue weighted by molar-refractivity contribution is 1.14. The van der Waals surface area contributed by atoms with Crippen LogP contribution in [0, 0.1) is 0 Å². The van der Waals surface area contributed by atoms with Crippen molar-refractivity contribution in [3.8, 4) is 0 Å².